The highest BCUT2D eigenvalue weighted by Gasteiger charge is 2.17. The predicted molar refractivity (Wildman–Crippen MR) is 85.5 cm³/mol. The average Bonchev–Trinajstić information content (AvgIpc) is 2.89. The molecule has 1 aliphatic heterocycles. The van der Waals surface area contributed by atoms with Gasteiger partial charge >= 0.3 is 0 Å². The van der Waals surface area contributed by atoms with Crippen LogP contribution in [-0.2, 0) is 16.1 Å². The lowest BCUT2D eigenvalue weighted by molar-refractivity contribution is -0.121. The standard InChI is InChI=1S/C15H21N3O2.ClH/c1-11(19)18-14-5-2-4-12(8-14)10-17-15(20)9-13-6-3-7-16-13;/h2,4-5,8,13,16H,3,6-7,9-10H2,1H3,(H,17,20)(H,18,19);1H. The van der Waals surface area contributed by atoms with Crippen LogP contribution in [0.1, 0.15) is 31.7 Å². The van der Waals surface area contributed by atoms with Crippen LogP contribution in [0.5, 0.6) is 0 Å². The Morgan fingerprint density at radius 2 is 2.19 bits per heavy atom. The highest BCUT2D eigenvalue weighted by atomic mass is 35.5. The van der Waals surface area contributed by atoms with E-state index in [-0.39, 0.29) is 24.2 Å². The summed E-state index contributed by atoms with van der Waals surface area (Å²) in [6, 6.07) is 7.82. The number of benzene rings is 1. The highest BCUT2D eigenvalue weighted by molar-refractivity contribution is 5.88. The molecule has 116 valence electrons. The number of halogens is 1. The Kier molecular flexibility index (Phi) is 7.19. The molecule has 0 aliphatic carbocycles. The van der Waals surface area contributed by atoms with E-state index in [1.807, 2.05) is 24.3 Å². The Labute approximate surface area is 131 Å². The van der Waals surface area contributed by atoms with Gasteiger partial charge in [-0.3, -0.25) is 9.59 Å². The molecule has 0 aromatic heterocycles. The van der Waals surface area contributed by atoms with Crippen molar-refractivity contribution < 1.29 is 9.59 Å². The fourth-order valence-electron chi connectivity index (χ4n) is 2.39. The molecule has 0 radical (unpaired) electrons. The largest absolute Gasteiger partial charge is 0.352 e. The van der Waals surface area contributed by atoms with E-state index in [0.29, 0.717) is 19.0 Å². The summed E-state index contributed by atoms with van der Waals surface area (Å²) in [5.74, 6) is -0.0344. The third kappa shape index (κ3) is 6.14. The zero-order chi connectivity index (χ0) is 14.4. The molecule has 21 heavy (non-hydrogen) atoms. The summed E-state index contributed by atoms with van der Waals surface area (Å²) >= 11 is 0. The SMILES string of the molecule is CC(=O)Nc1cccc(CNC(=O)CC2CCCN2)c1.Cl. The number of carbonyl (C=O) groups is 2. The summed E-state index contributed by atoms with van der Waals surface area (Å²) in [7, 11) is 0. The molecule has 1 unspecified atom stereocenters. The third-order valence-electron chi connectivity index (χ3n) is 3.33. The molecule has 0 spiro atoms. The molecule has 0 saturated carbocycles. The quantitative estimate of drug-likeness (QED) is 0.777. The van der Waals surface area contributed by atoms with E-state index >= 15 is 0 Å². The maximum absolute atomic E-state index is 11.8. The molecular weight excluding hydrogens is 290 g/mol. The van der Waals surface area contributed by atoms with Gasteiger partial charge in [-0.1, -0.05) is 12.1 Å². The van der Waals surface area contributed by atoms with Crippen LogP contribution in [0, 0.1) is 0 Å². The van der Waals surface area contributed by atoms with Crippen molar-refractivity contribution in [1.82, 2.24) is 10.6 Å². The van der Waals surface area contributed by atoms with Crippen molar-refractivity contribution in [2.45, 2.75) is 38.8 Å². The smallest absolute Gasteiger partial charge is 0.221 e. The van der Waals surface area contributed by atoms with E-state index in [1.165, 1.54) is 6.92 Å². The summed E-state index contributed by atoms with van der Waals surface area (Å²) in [4.78, 5) is 22.8. The van der Waals surface area contributed by atoms with E-state index in [0.717, 1.165) is 30.6 Å². The summed E-state index contributed by atoms with van der Waals surface area (Å²) in [5, 5.41) is 8.95. The van der Waals surface area contributed by atoms with Gasteiger partial charge in [-0.15, -0.1) is 12.4 Å². The molecule has 2 amide bonds. The molecule has 1 saturated heterocycles. The van der Waals surface area contributed by atoms with Crippen LogP contribution < -0.4 is 16.0 Å². The minimum atomic E-state index is -0.0986. The molecule has 2 rings (SSSR count). The molecule has 1 atom stereocenters. The first-order valence-corrected chi connectivity index (χ1v) is 7.00. The predicted octanol–water partition coefficient (Wildman–Crippen LogP) is 1.83. The molecule has 5 nitrogen and oxygen atoms in total. The van der Waals surface area contributed by atoms with Gasteiger partial charge in [-0.05, 0) is 37.1 Å². The Morgan fingerprint density at radius 3 is 2.86 bits per heavy atom. The first-order valence-electron chi connectivity index (χ1n) is 7.00. The molecule has 6 heteroatoms. The molecule has 1 fully saturated rings. The molecule has 1 aliphatic rings. The van der Waals surface area contributed by atoms with Crippen LogP contribution >= 0.6 is 12.4 Å². The monoisotopic (exact) mass is 311 g/mol. The van der Waals surface area contributed by atoms with Gasteiger partial charge in [0.1, 0.15) is 0 Å². The topological polar surface area (TPSA) is 70.2 Å². The molecule has 1 aromatic carbocycles. The van der Waals surface area contributed by atoms with Crippen molar-refractivity contribution in [2.24, 2.45) is 0 Å². The van der Waals surface area contributed by atoms with Crippen molar-refractivity contribution in [1.29, 1.82) is 0 Å². The van der Waals surface area contributed by atoms with Gasteiger partial charge in [0.05, 0.1) is 0 Å². The fraction of sp³-hybridized carbons (Fsp3) is 0.467. The van der Waals surface area contributed by atoms with Crippen LogP contribution in [0.15, 0.2) is 24.3 Å². The summed E-state index contributed by atoms with van der Waals surface area (Å²) in [6.45, 7) is 2.97. The van der Waals surface area contributed by atoms with Gasteiger partial charge in [0, 0.05) is 31.6 Å². The zero-order valence-electron chi connectivity index (χ0n) is 12.1. The summed E-state index contributed by atoms with van der Waals surface area (Å²) in [6.07, 6.45) is 2.76. The second kappa shape index (κ2) is 8.64. The lowest BCUT2D eigenvalue weighted by Gasteiger charge is -2.11. The van der Waals surface area contributed by atoms with Crippen molar-refractivity contribution in [3.8, 4) is 0 Å². The number of amides is 2. The maximum atomic E-state index is 11.8. The first kappa shape index (κ1) is 17.5. The summed E-state index contributed by atoms with van der Waals surface area (Å²) in [5.41, 5.74) is 1.73. The number of rotatable bonds is 5. The van der Waals surface area contributed by atoms with Crippen molar-refractivity contribution in [3.05, 3.63) is 29.8 Å². The van der Waals surface area contributed by atoms with Crippen LogP contribution in [-0.4, -0.2) is 24.4 Å². The van der Waals surface area contributed by atoms with Crippen LogP contribution in [0.3, 0.4) is 0 Å². The lowest BCUT2D eigenvalue weighted by Crippen LogP contribution is -2.31. The van der Waals surface area contributed by atoms with Gasteiger partial charge in [-0.2, -0.15) is 0 Å². The minimum Gasteiger partial charge on any atom is -0.352 e. The Bertz CT molecular complexity index is 488. The van der Waals surface area contributed by atoms with E-state index in [2.05, 4.69) is 16.0 Å². The van der Waals surface area contributed by atoms with Gasteiger partial charge in [0.25, 0.3) is 0 Å². The van der Waals surface area contributed by atoms with E-state index in [9.17, 15) is 9.59 Å². The Morgan fingerprint density at radius 1 is 1.38 bits per heavy atom. The van der Waals surface area contributed by atoms with Crippen LogP contribution in [0.25, 0.3) is 0 Å². The second-order valence-electron chi connectivity index (χ2n) is 5.16. The normalized spacial score (nSPS) is 16.9. The number of carbonyl (C=O) groups excluding carboxylic acids is 2. The Balaban J connectivity index is 0.00000220. The second-order valence-corrected chi connectivity index (χ2v) is 5.16. The molecule has 0 bridgehead atoms. The minimum absolute atomic E-state index is 0. The van der Waals surface area contributed by atoms with Crippen molar-refractivity contribution in [3.63, 3.8) is 0 Å². The van der Waals surface area contributed by atoms with Crippen molar-refractivity contribution >= 4 is 29.9 Å². The van der Waals surface area contributed by atoms with E-state index in [4.69, 9.17) is 0 Å². The van der Waals surface area contributed by atoms with Crippen LogP contribution in [0.2, 0.25) is 0 Å². The van der Waals surface area contributed by atoms with Crippen molar-refractivity contribution in [2.75, 3.05) is 11.9 Å². The Hall–Kier alpha value is -1.59. The number of hydrogen-bond acceptors (Lipinski definition) is 3. The van der Waals surface area contributed by atoms with Gasteiger partial charge in [-0.25, -0.2) is 0 Å². The average molecular weight is 312 g/mol. The number of anilines is 1. The molecule has 1 heterocycles. The number of hydrogen-bond donors (Lipinski definition) is 3. The highest BCUT2D eigenvalue weighted by Crippen LogP contribution is 2.11. The van der Waals surface area contributed by atoms with Gasteiger partial charge in [0.15, 0.2) is 0 Å². The van der Waals surface area contributed by atoms with E-state index in [1.54, 1.807) is 0 Å². The zero-order valence-corrected chi connectivity index (χ0v) is 13.0. The lowest BCUT2D eigenvalue weighted by atomic mass is 10.1. The maximum Gasteiger partial charge on any atom is 0.221 e. The fourth-order valence-corrected chi connectivity index (χ4v) is 2.39. The number of nitrogens with one attached hydrogen (secondary N) is 3. The first-order chi connectivity index (χ1) is 9.63. The van der Waals surface area contributed by atoms with Gasteiger partial charge in [0.2, 0.25) is 11.8 Å². The molecule has 3 N–H and O–H groups in total. The molecular formula is C15H22ClN3O2. The van der Waals surface area contributed by atoms with E-state index < -0.39 is 0 Å². The molecule has 1 aromatic rings. The third-order valence-corrected chi connectivity index (χ3v) is 3.33. The summed E-state index contributed by atoms with van der Waals surface area (Å²) < 4.78 is 0. The van der Waals surface area contributed by atoms with Crippen LogP contribution in [0.4, 0.5) is 5.69 Å². The van der Waals surface area contributed by atoms with Gasteiger partial charge < -0.3 is 16.0 Å².